The highest BCUT2D eigenvalue weighted by Gasteiger charge is 2.20. The molecule has 174 valence electrons. The summed E-state index contributed by atoms with van der Waals surface area (Å²) in [5, 5.41) is 13.1. The Bertz CT molecular complexity index is 1080. The van der Waals surface area contributed by atoms with Gasteiger partial charge in [-0.1, -0.05) is 0 Å². The first-order valence-electron chi connectivity index (χ1n) is 10.6. The fraction of sp³-hybridized carbons (Fsp3) is 0.304. The van der Waals surface area contributed by atoms with Crippen molar-refractivity contribution in [3.8, 4) is 28.5 Å². The fourth-order valence-electron chi connectivity index (χ4n) is 2.96. The van der Waals surface area contributed by atoms with Gasteiger partial charge in [-0.2, -0.15) is 10.3 Å². The second-order valence-electron chi connectivity index (χ2n) is 6.63. The first kappa shape index (κ1) is 23.6. The van der Waals surface area contributed by atoms with Crippen molar-refractivity contribution in [2.24, 2.45) is 0 Å². The van der Waals surface area contributed by atoms with E-state index >= 15 is 0 Å². The van der Waals surface area contributed by atoms with Crippen LogP contribution in [0.5, 0.6) is 17.2 Å². The molecular formula is C23H26N4O6. The Morgan fingerprint density at radius 1 is 0.879 bits per heavy atom. The van der Waals surface area contributed by atoms with Crippen molar-refractivity contribution in [2.75, 3.05) is 31.7 Å². The average Bonchev–Trinajstić information content (AvgIpc) is 3.30. The zero-order valence-corrected chi connectivity index (χ0v) is 18.7. The summed E-state index contributed by atoms with van der Waals surface area (Å²) in [6, 6.07) is 12.1. The summed E-state index contributed by atoms with van der Waals surface area (Å²) in [4.78, 5) is 24.4. The van der Waals surface area contributed by atoms with E-state index in [4.69, 9.17) is 18.9 Å². The molecule has 0 radical (unpaired) electrons. The number of nitrogens with one attached hydrogen (secondary N) is 2. The molecule has 1 heterocycles. The maximum Gasteiger partial charge on any atom is 0.361 e. The van der Waals surface area contributed by atoms with Gasteiger partial charge in [-0.15, -0.1) is 5.10 Å². The highest BCUT2D eigenvalue weighted by atomic mass is 16.5. The van der Waals surface area contributed by atoms with Crippen LogP contribution in [0.3, 0.4) is 0 Å². The first-order chi connectivity index (χ1) is 16.0. The standard InChI is InChI=1S/C23H26N4O6/c1-4-30-17-10-8-16(9-11-17)24-20(28)14-33-18-12-7-15(13-19(18)31-5-2)21-22(26-27-25-21)23(29)32-6-3/h7-13H,4-6,14H2,1-3H3,(H,24,28)(H,25,26,27). The number of ether oxygens (including phenoxy) is 4. The number of esters is 1. The van der Waals surface area contributed by atoms with E-state index in [1.54, 1.807) is 49.4 Å². The van der Waals surface area contributed by atoms with E-state index in [2.05, 4.69) is 20.7 Å². The number of amides is 1. The Morgan fingerprint density at radius 2 is 1.64 bits per heavy atom. The molecule has 33 heavy (non-hydrogen) atoms. The Kier molecular flexibility index (Phi) is 8.23. The number of anilines is 1. The summed E-state index contributed by atoms with van der Waals surface area (Å²) in [6.07, 6.45) is 0. The zero-order valence-electron chi connectivity index (χ0n) is 18.7. The Balaban J connectivity index is 1.69. The lowest BCUT2D eigenvalue weighted by molar-refractivity contribution is -0.118. The molecule has 2 N–H and O–H groups in total. The van der Waals surface area contributed by atoms with E-state index in [0.717, 1.165) is 5.75 Å². The number of nitrogens with zero attached hydrogens (tertiary/aromatic N) is 2. The van der Waals surface area contributed by atoms with Crippen LogP contribution >= 0.6 is 0 Å². The molecule has 0 saturated heterocycles. The van der Waals surface area contributed by atoms with Gasteiger partial charge in [-0.25, -0.2) is 4.79 Å². The van der Waals surface area contributed by atoms with Crippen molar-refractivity contribution in [1.82, 2.24) is 15.4 Å². The van der Waals surface area contributed by atoms with E-state index in [1.807, 2.05) is 13.8 Å². The lowest BCUT2D eigenvalue weighted by atomic mass is 10.1. The van der Waals surface area contributed by atoms with Gasteiger partial charge in [0.2, 0.25) is 0 Å². The minimum Gasteiger partial charge on any atom is -0.494 e. The van der Waals surface area contributed by atoms with Crippen molar-refractivity contribution in [3.63, 3.8) is 0 Å². The number of rotatable bonds is 11. The maximum atomic E-state index is 12.3. The van der Waals surface area contributed by atoms with Gasteiger partial charge in [0.05, 0.1) is 19.8 Å². The van der Waals surface area contributed by atoms with Crippen LogP contribution in [0, 0.1) is 0 Å². The third kappa shape index (κ3) is 6.22. The van der Waals surface area contributed by atoms with Crippen LogP contribution in [-0.2, 0) is 9.53 Å². The predicted molar refractivity (Wildman–Crippen MR) is 121 cm³/mol. The van der Waals surface area contributed by atoms with Gasteiger partial charge in [-0.05, 0) is 63.2 Å². The number of benzene rings is 2. The summed E-state index contributed by atoms with van der Waals surface area (Å²) in [5.74, 6) is 0.606. The maximum absolute atomic E-state index is 12.3. The Hall–Kier alpha value is -4.08. The summed E-state index contributed by atoms with van der Waals surface area (Å²) in [6.45, 7) is 6.40. The quantitative estimate of drug-likeness (QED) is 0.422. The van der Waals surface area contributed by atoms with E-state index in [1.165, 1.54) is 0 Å². The van der Waals surface area contributed by atoms with Crippen molar-refractivity contribution in [3.05, 3.63) is 48.2 Å². The van der Waals surface area contributed by atoms with E-state index < -0.39 is 5.97 Å². The largest absolute Gasteiger partial charge is 0.494 e. The van der Waals surface area contributed by atoms with Crippen LogP contribution in [0.15, 0.2) is 42.5 Å². The highest BCUT2D eigenvalue weighted by Crippen LogP contribution is 2.33. The molecule has 1 aromatic heterocycles. The Morgan fingerprint density at radius 3 is 2.33 bits per heavy atom. The van der Waals surface area contributed by atoms with Crippen LogP contribution in [0.2, 0.25) is 0 Å². The summed E-state index contributed by atoms with van der Waals surface area (Å²) in [7, 11) is 0. The lowest BCUT2D eigenvalue weighted by Gasteiger charge is -2.13. The van der Waals surface area contributed by atoms with Crippen LogP contribution in [0.4, 0.5) is 5.69 Å². The normalized spacial score (nSPS) is 10.4. The molecule has 0 fully saturated rings. The number of aromatic amines is 1. The number of hydrogen-bond acceptors (Lipinski definition) is 8. The molecule has 2 aromatic carbocycles. The van der Waals surface area contributed by atoms with Crippen molar-refractivity contribution in [2.45, 2.75) is 20.8 Å². The average molecular weight is 454 g/mol. The van der Waals surface area contributed by atoms with Crippen molar-refractivity contribution in [1.29, 1.82) is 0 Å². The van der Waals surface area contributed by atoms with Crippen LogP contribution in [-0.4, -0.2) is 53.7 Å². The molecule has 3 aromatic rings. The predicted octanol–water partition coefficient (Wildman–Crippen LogP) is 3.46. The lowest BCUT2D eigenvalue weighted by Crippen LogP contribution is -2.20. The number of H-pyrrole nitrogens is 1. The molecule has 0 bridgehead atoms. The summed E-state index contributed by atoms with van der Waals surface area (Å²) >= 11 is 0. The van der Waals surface area contributed by atoms with Gasteiger partial charge in [0, 0.05) is 11.3 Å². The molecule has 10 nitrogen and oxygen atoms in total. The smallest absolute Gasteiger partial charge is 0.361 e. The number of aromatic nitrogens is 3. The molecule has 1 amide bonds. The van der Waals surface area contributed by atoms with E-state index in [0.29, 0.717) is 41.7 Å². The number of carbonyl (C=O) groups is 2. The topological polar surface area (TPSA) is 125 Å². The van der Waals surface area contributed by atoms with Crippen LogP contribution in [0.1, 0.15) is 31.3 Å². The SMILES string of the molecule is CCOC(=O)c1n[nH]nc1-c1ccc(OCC(=O)Nc2ccc(OCC)cc2)c(OCC)c1. The molecule has 0 saturated carbocycles. The summed E-state index contributed by atoms with van der Waals surface area (Å²) in [5.41, 5.74) is 1.61. The first-order valence-corrected chi connectivity index (χ1v) is 10.6. The van der Waals surface area contributed by atoms with Gasteiger partial charge in [0.15, 0.2) is 23.8 Å². The van der Waals surface area contributed by atoms with Gasteiger partial charge >= 0.3 is 5.97 Å². The molecule has 0 spiro atoms. The molecule has 0 aliphatic carbocycles. The molecular weight excluding hydrogens is 428 g/mol. The van der Waals surface area contributed by atoms with E-state index in [-0.39, 0.29) is 24.8 Å². The third-order valence-corrected chi connectivity index (χ3v) is 4.34. The second kappa shape index (κ2) is 11.5. The third-order valence-electron chi connectivity index (χ3n) is 4.34. The van der Waals surface area contributed by atoms with Crippen LogP contribution < -0.4 is 19.5 Å². The van der Waals surface area contributed by atoms with Crippen molar-refractivity contribution < 1.29 is 28.5 Å². The fourth-order valence-corrected chi connectivity index (χ4v) is 2.96. The Labute approximate surface area is 191 Å². The molecule has 10 heteroatoms. The summed E-state index contributed by atoms with van der Waals surface area (Å²) < 4.78 is 21.7. The second-order valence-corrected chi connectivity index (χ2v) is 6.63. The molecule has 0 aliphatic rings. The van der Waals surface area contributed by atoms with Gasteiger partial charge in [0.1, 0.15) is 11.4 Å². The molecule has 0 unspecified atom stereocenters. The van der Waals surface area contributed by atoms with E-state index in [9.17, 15) is 9.59 Å². The molecule has 0 atom stereocenters. The minimum absolute atomic E-state index is 0.0719. The van der Waals surface area contributed by atoms with Crippen LogP contribution in [0.25, 0.3) is 11.3 Å². The monoisotopic (exact) mass is 454 g/mol. The van der Waals surface area contributed by atoms with Gasteiger partial charge in [0.25, 0.3) is 5.91 Å². The number of carbonyl (C=O) groups excluding carboxylic acids is 2. The minimum atomic E-state index is -0.578. The molecule has 0 aliphatic heterocycles. The van der Waals surface area contributed by atoms with Crippen molar-refractivity contribution >= 4 is 17.6 Å². The number of hydrogen-bond donors (Lipinski definition) is 2. The van der Waals surface area contributed by atoms with Gasteiger partial charge < -0.3 is 24.3 Å². The van der Waals surface area contributed by atoms with Gasteiger partial charge in [-0.3, -0.25) is 4.79 Å². The zero-order chi connectivity index (χ0) is 23.6. The highest BCUT2D eigenvalue weighted by molar-refractivity contribution is 5.94. The molecule has 3 rings (SSSR count).